The van der Waals surface area contributed by atoms with Crippen molar-refractivity contribution in [3.63, 3.8) is 0 Å². The summed E-state index contributed by atoms with van der Waals surface area (Å²) in [5.41, 5.74) is 1.29. The van der Waals surface area contributed by atoms with E-state index in [9.17, 15) is 15.0 Å². The minimum atomic E-state index is -0.766. The number of rotatable bonds is 5. The Bertz CT molecular complexity index is 1130. The van der Waals surface area contributed by atoms with Gasteiger partial charge in [-0.05, 0) is 37.8 Å². The number of hydrogen-bond acceptors (Lipinski definition) is 5. The van der Waals surface area contributed by atoms with E-state index in [1.54, 1.807) is 0 Å². The molecule has 0 saturated heterocycles. The summed E-state index contributed by atoms with van der Waals surface area (Å²) in [4.78, 5) is 12.1. The van der Waals surface area contributed by atoms with E-state index in [-0.39, 0.29) is 11.8 Å². The molecular formula is C24H24N2O4. The number of hydrogen-bond donors (Lipinski definition) is 2. The molecule has 0 amide bonds. The summed E-state index contributed by atoms with van der Waals surface area (Å²) in [5, 5.41) is 24.0. The molecular weight excluding hydrogens is 380 g/mol. The van der Waals surface area contributed by atoms with Crippen molar-refractivity contribution in [1.29, 1.82) is 0 Å². The van der Waals surface area contributed by atoms with Gasteiger partial charge in [0.1, 0.15) is 11.5 Å². The van der Waals surface area contributed by atoms with E-state index in [1.165, 1.54) is 30.1 Å². The van der Waals surface area contributed by atoms with Crippen molar-refractivity contribution in [3.8, 4) is 28.3 Å². The zero-order valence-electron chi connectivity index (χ0n) is 16.6. The Hall–Kier alpha value is -3.54. The second-order valence-electron chi connectivity index (χ2n) is 7.47. The molecule has 0 radical (unpaired) electrons. The SMILES string of the molecule is C=C(O)c1nn(-c2ccccc2-c2ccccc2OC2CCCCC2)cc(O)c1=O. The average molecular weight is 404 g/mol. The van der Waals surface area contributed by atoms with Crippen LogP contribution in [-0.2, 0) is 0 Å². The fourth-order valence-corrected chi connectivity index (χ4v) is 3.85. The quantitative estimate of drug-likeness (QED) is 0.594. The maximum absolute atomic E-state index is 12.1. The highest BCUT2D eigenvalue weighted by Crippen LogP contribution is 2.36. The first-order valence-corrected chi connectivity index (χ1v) is 10.1. The molecule has 1 aliphatic carbocycles. The van der Waals surface area contributed by atoms with Gasteiger partial charge in [-0.25, -0.2) is 4.68 Å². The Balaban J connectivity index is 1.81. The van der Waals surface area contributed by atoms with Crippen LogP contribution in [-0.4, -0.2) is 26.1 Å². The van der Waals surface area contributed by atoms with E-state index in [0.717, 1.165) is 29.7 Å². The maximum atomic E-state index is 12.1. The van der Waals surface area contributed by atoms with Crippen molar-refractivity contribution < 1.29 is 14.9 Å². The third kappa shape index (κ3) is 3.94. The van der Waals surface area contributed by atoms with Crippen LogP contribution in [0.25, 0.3) is 22.6 Å². The first kappa shape index (κ1) is 19.8. The zero-order valence-corrected chi connectivity index (χ0v) is 16.6. The molecule has 2 N–H and O–H groups in total. The van der Waals surface area contributed by atoms with E-state index in [2.05, 4.69) is 11.7 Å². The van der Waals surface area contributed by atoms with Crippen LogP contribution in [0.3, 0.4) is 0 Å². The number of aliphatic hydroxyl groups is 1. The highest BCUT2D eigenvalue weighted by Gasteiger charge is 2.19. The molecule has 1 aliphatic rings. The molecule has 30 heavy (non-hydrogen) atoms. The average Bonchev–Trinajstić information content (AvgIpc) is 2.76. The molecule has 2 aromatic carbocycles. The molecule has 0 atom stereocenters. The number of aliphatic hydroxyl groups excluding tert-OH is 1. The fraction of sp³-hybridized carbons (Fsp3) is 0.250. The van der Waals surface area contributed by atoms with Crippen LogP contribution in [0.15, 0.2) is 66.1 Å². The Morgan fingerprint density at radius 3 is 2.43 bits per heavy atom. The van der Waals surface area contributed by atoms with Crippen molar-refractivity contribution in [1.82, 2.24) is 9.78 Å². The van der Waals surface area contributed by atoms with Crippen LogP contribution in [0.4, 0.5) is 0 Å². The van der Waals surface area contributed by atoms with E-state index < -0.39 is 16.9 Å². The number of nitrogens with zero attached hydrogens (tertiary/aromatic N) is 2. The predicted molar refractivity (Wildman–Crippen MR) is 116 cm³/mol. The summed E-state index contributed by atoms with van der Waals surface area (Å²) in [6, 6.07) is 15.3. The highest BCUT2D eigenvalue weighted by atomic mass is 16.5. The van der Waals surface area contributed by atoms with Gasteiger partial charge in [0.15, 0.2) is 11.4 Å². The largest absolute Gasteiger partial charge is 0.506 e. The fourth-order valence-electron chi connectivity index (χ4n) is 3.85. The molecule has 6 heteroatoms. The number of aromatic hydroxyl groups is 1. The number of para-hydroxylation sites is 2. The van der Waals surface area contributed by atoms with Crippen molar-refractivity contribution in [2.45, 2.75) is 38.2 Å². The lowest BCUT2D eigenvalue weighted by atomic mass is 9.97. The lowest BCUT2D eigenvalue weighted by Crippen LogP contribution is -2.20. The van der Waals surface area contributed by atoms with Crippen LogP contribution in [0.1, 0.15) is 37.8 Å². The Morgan fingerprint density at radius 1 is 1.03 bits per heavy atom. The van der Waals surface area contributed by atoms with Crippen molar-refractivity contribution in [3.05, 3.63) is 77.2 Å². The Labute approximate surface area is 174 Å². The molecule has 6 nitrogen and oxygen atoms in total. The van der Waals surface area contributed by atoms with Crippen molar-refractivity contribution in [2.24, 2.45) is 0 Å². The standard InChI is InChI=1S/C24H24N2O4/c1-16(27)23-24(29)21(28)15-26(25-23)20-13-7-5-11-18(20)19-12-6-8-14-22(19)30-17-9-3-2-4-10-17/h5-8,11-15,17,27-28H,1-4,9-10H2. The van der Waals surface area contributed by atoms with Gasteiger partial charge in [-0.1, -0.05) is 49.4 Å². The topological polar surface area (TPSA) is 84.6 Å². The number of aromatic nitrogens is 2. The van der Waals surface area contributed by atoms with Gasteiger partial charge in [0.25, 0.3) is 5.43 Å². The van der Waals surface area contributed by atoms with Gasteiger partial charge in [0, 0.05) is 11.1 Å². The van der Waals surface area contributed by atoms with Crippen LogP contribution in [0, 0.1) is 0 Å². The number of ether oxygens (including phenoxy) is 1. The summed E-state index contributed by atoms with van der Waals surface area (Å²) >= 11 is 0. The van der Waals surface area contributed by atoms with E-state index in [0.29, 0.717) is 5.69 Å². The van der Waals surface area contributed by atoms with Gasteiger partial charge in [0.05, 0.1) is 18.0 Å². The summed E-state index contributed by atoms with van der Waals surface area (Å²) in [7, 11) is 0. The molecule has 1 saturated carbocycles. The van der Waals surface area contributed by atoms with E-state index >= 15 is 0 Å². The normalized spacial score (nSPS) is 14.4. The first-order chi connectivity index (χ1) is 14.5. The van der Waals surface area contributed by atoms with Gasteiger partial charge in [-0.15, -0.1) is 0 Å². The predicted octanol–water partition coefficient (Wildman–Crippen LogP) is 4.85. The van der Waals surface area contributed by atoms with Gasteiger partial charge in [-0.3, -0.25) is 4.79 Å². The molecule has 1 heterocycles. The van der Waals surface area contributed by atoms with E-state index in [4.69, 9.17) is 4.74 Å². The highest BCUT2D eigenvalue weighted by molar-refractivity contribution is 5.77. The lowest BCUT2D eigenvalue weighted by molar-refractivity contribution is 0.156. The Morgan fingerprint density at radius 2 is 1.70 bits per heavy atom. The van der Waals surface area contributed by atoms with Crippen LogP contribution >= 0.6 is 0 Å². The van der Waals surface area contributed by atoms with Gasteiger partial charge in [0.2, 0.25) is 0 Å². The molecule has 3 aromatic rings. The van der Waals surface area contributed by atoms with Crippen LogP contribution < -0.4 is 10.2 Å². The van der Waals surface area contributed by atoms with Crippen LogP contribution in [0.5, 0.6) is 11.5 Å². The summed E-state index contributed by atoms with van der Waals surface area (Å²) < 4.78 is 7.73. The van der Waals surface area contributed by atoms with E-state index in [1.807, 2.05) is 48.5 Å². The molecule has 0 bridgehead atoms. The van der Waals surface area contributed by atoms with Gasteiger partial charge >= 0.3 is 0 Å². The second-order valence-corrected chi connectivity index (χ2v) is 7.47. The molecule has 1 aromatic heterocycles. The maximum Gasteiger partial charge on any atom is 0.252 e. The third-order valence-electron chi connectivity index (χ3n) is 5.35. The second kappa shape index (κ2) is 8.45. The molecule has 0 aliphatic heterocycles. The molecule has 0 unspecified atom stereocenters. The lowest BCUT2D eigenvalue weighted by Gasteiger charge is -2.25. The summed E-state index contributed by atoms with van der Waals surface area (Å²) in [5.74, 6) is -0.228. The van der Waals surface area contributed by atoms with Gasteiger partial charge < -0.3 is 14.9 Å². The van der Waals surface area contributed by atoms with Gasteiger partial charge in [-0.2, -0.15) is 5.10 Å². The summed E-state index contributed by atoms with van der Waals surface area (Å²) in [6.45, 7) is 3.37. The first-order valence-electron chi connectivity index (χ1n) is 10.1. The third-order valence-corrected chi connectivity index (χ3v) is 5.35. The Kier molecular flexibility index (Phi) is 5.57. The smallest absolute Gasteiger partial charge is 0.252 e. The van der Waals surface area contributed by atoms with Crippen molar-refractivity contribution >= 4 is 5.76 Å². The minimum absolute atomic E-state index is 0.200. The molecule has 0 spiro atoms. The monoisotopic (exact) mass is 404 g/mol. The molecule has 4 rings (SSSR count). The molecule has 154 valence electrons. The number of benzene rings is 2. The minimum Gasteiger partial charge on any atom is -0.506 e. The summed E-state index contributed by atoms with van der Waals surface area (Å²) in [6.07, 6.45) is 7.14. The molecule has 1 fully saturated rings. The van der Waals surface area contributed by atoms with Crippen LogP contribution in [0.2, 0.25) is 0 Å². The zero-order chi connectivity index (χ0) is 21.1. The van der Waals surface area contributed by atoms with Crippen molar-refractivity contribution in [2.75, 3.05) is 0 Å².